The van der Waals surface area contributed by atoms with E-state index in [2.05, 4.69) is 5.73 Å². The fourth-order valence-electron chi connectivity index (χ4n) is 0. The van der Waals surface area contributed by atoms with Crippen LogP contribution in [0.15, 0.2) is 0 Å². The maximum absolute atomic E-state index is 9.65. The first-order valence-corrected chi connectivity index (χ1v) is 3.11. The summed E-state index contributed by atoms with van der Waals surface area (Å²) in [6.07, 6.45) is 0. The van der Waals surface area contributed by atoms with Crippen molar-refractivity contribution in [1.29, 1.82) is 0 Å². The third kappa shape index (κ3) is 2.73. The van der Waals surface area contributed by atoms with Gasteiger partial charge in [0.05, 0.1) is 0 Å². The minimum Gasteiger partial charge on any atom is -0.368 e. The van der Waals surface area contributed by atoms with Crippen LogP contribution in [0, 0.1) is 0 Å². The van der Waals surface area contributed by atoms with Gasteiger partial charge in [-0.3, -0.25) is 10.3 Å². The van der Waals surface area contributed by atoms with E-state index in [1.807, 2.05) is 0 Å². The Labute approximate surface area is 39.9 Å². The number of nitrogens with two attached hydrogens (primary N) is 1. The standard InChI is InChI=1S/CH6NO4P/c2-1(3)7(4,5)6/h1,3H,2H2,(H2,4,5,6). The average molecular weight is 127 g/mol. The van der Waals surface area contributed by atoms with Crippen molar-refractivity contribution < 1.29 is 19.5 Å². The maximum atomic E-state index is 9.65. The largest absolute Gasteiger partial charge is 0.368 e. The second-order valence-electron chi connectivity index (χ2n) is 1.00. The van der Waals surface area contributed by atoms with Crippen molar-refractivity contribution in [2.75, 3.05) is 0 Å². The molecule has 0 rings (SSSR count). The molecule has 1 atom stereocenters. The molecular formula is CH6NO4P. The quantitative estimate of drug-likeness (QED) is 0.251. The molecular weight excluding hydrogens is 121 g/mol. The summed E-state index contributed by atoms with van der Waals surface area (Å²) in [7, 11) is -4.40. The van der Waals surface area contributed by atoms with Crippen LogP contribution in [0.2, 0.25) is 0 Å². The van der Waals surface area contributed by atoms with Gasteiger partial charge in [-0.05, 0) is 0 Å². The molecule has 0 aliphatic rings. The second kappa shape index (κ2) is 1.90. The lowest BCUT2D eigenvalue weighted by molar-refractivity contribution is 0.208. The maximum Gasteiger partial charge on any atom is 0.368 e. The van der Waals surface area contributed by atoms with Crippen LogP contribution in [0.1, 0.15) is 0 Å². The lowest BCUT2D eigenvalue weighted by Gasteiger charge is -2.03. The van der Waals surface area contributed by atoms with Crippen LogP contribution in [-0.4, -0.2) is 20.9 Å². The van der Waals surface area contributed by atoms with Gasteiger partial charge in [-0.25, -0.2) is 0 Å². The summed E-state index contributed by atoms with van der Waals surface area (Å²) in [5.41, 5.74) is 4.36. The van der Waals surface area contributed by atoms with Crippen LogP contribution in [0.4, 0.5) is 0 Å². The molecule has 6 heteroatoms. The molecule has 0 aliphatic carbocycles. The van der Waals surface area contributed by atoms with Crippen LogP contribution < -0.4 is 5.73 Å². The highest BCUT2D eigenvalue weighted by Gasteiger charge is 2.20. The fourth-order valence-corrected chi connectivity index (χ4v) is 0. The molecule has 0 aromatic rings. The molecule has 0 fully saturated rings. The number of aliphatic hydroxyl groups excluding tert-OH is 1. The lowest BCUT2D eigenvalue weighted by atomic mass is 11.4. The Morgan fingerprint density at radius 1 is 1.57 bits per heavy atom. The van der Waals surface area contributed by atoms with Gasteiger partial charge in [-0.15, -0.1) is 0 Å². The predicted molar refractivity (Wildman–Crippen MR) is 22.2 cm³/mol. The van der Waals surface area contributed by atoms with Gasteiger partial charge in [0.1, 0.15) is 0 Å². The van der Waals surface area contributed by atoms with E-state index in [4.69, 9.17) is 14.9 Å². The van der Waals surface area contributed by atoms with E-state index < -0.39 is 13.6 Å². The fraction of sp³-hybridized carbons (Fsp3) is 1.00. The highest BCUT2D eigenvalue weighted by Crippen LogP contribution is 2.35. The molecule has 0 bridgehead atoms. The van der Waals surface area contributed by atoms with E-state index in [0.717, 1.165) is 0 Å². The number of aliphatic hydroxyl groups is 1. The van der Waals surface area contributed by atoms with Crippen molar-refractivity contribution in [2.24, 2.45) is 5.73 Å². The molecule has 0 aromatic carbocycles. The summed E-state index contributed by atoms with van der Waals surface area (Å²) in [6.45, 7) is 0. The molecule has 0 aliphatic heterocycles. The molecule has 0 radical (unpaired) electrons. The highest BCUT2D eigenvalue weighted by molar-refractivity contribution is 7.52. The topological polar surface area (TPSA) is 104 Å². The van der Waals surface area contributed by atoms with E-state index in [1.165, 1.54) is 0 Å². The average Bonchev–Trinajstić information content (AvgIpc) is 1.31. The van der Waals surface area contributed by atoms with Crippen molar-refractivity contribution in [3.8, 4) is 0 Å². The third-order valence-electron chi connectivity index (χ3n) is 0.345. The van der Waals surface area contributed by atoms with Crippen LogP contribution in [0.5, 0.6) is 0 Å². The highest BCUT2D eigenvalue weighted by atomic mass is 31.2. The van der Waals surface area contributed by atoms with Crippen molar-refractivity contribution in [1.82, 2.24) is 0 Å². The Hall–Kier alpha value is 0.0700. The molecule has 0 heterocycles. The minimum absolute atomic E-state index is 2.03. The zero-order chi connectivity index (χ0) is 6.08. The summed E-state index contributed by atoms with van der Waals surface area (Å²) in [5.74, 6) is -2.03. The van der Waals surface area contributed by atoms with E-state index >= 15 is 0 Å². The Kier molecular flexibility index (Phi) is 1.92. The Morgan fingerprint density at radius 3 is 1.71 bits per heavy atom. The van der Waals surface area contributed by atoms with Crippen LogP contribution in [0.3, 0.4) is 0 Å². The van der Waals surface area contributed by atoms with E-state index in [1.54, 1.807) is 0 Å². The summed E-state index contributed by atoms with van der Waals surface area (Å²) in [6, 6.07) is 0. The van der Waals surface area contributed by atoms with Crippen molar-refractivity contribution in [3.63, 3.8) is 0 Å². The molecule has 0 aromatic heterocycles. The number of hydrogen-bond acceptors (Lipinski definition) is 3. The molecule has 0 saturated carbocycles. The van der Waals surface area contributed by atoms with Gasteiger partial charge in [0.25, 0.3) is 0 Å². The van der Waals surface area contributed by atoms with E-state index in [0.29, 0.717) is 0 Å². The second-order valence-corrected chi connectivity index (χ2v) is 2.71. The molecule has 1 unspecified atom stereocenters. The van der Waals surface area contributed by atoms with Crippen LogP contribution >= 0.6 is 7.60 Å². The van der Waals surface area contributed by atoms with E-state index in [-0.39, 0.29) is 0 Å². The van der Waals surface area contributed by atoms with Crippen molar-refractivity contribution >= 4 is 7.60 Å². The lowest BCUT2D eigenvalue weighted by Crippen LogP contribution is -2.18. The van der Waals surface area contributed by atoms with Gasteiger partial charge in [0.15, 0.2) is 0 Å². The minimum atomic E-state index is -4.40. The number of hydrogen-bond donors (Lipinski definition) is 4. The van der Waals surface area contributed by atoms with Gasteiger partial charge in [0.2, 0.25) is 5.97 Å². The first-order valence-electron chi connectivity index (χ1n) is 1.43. The summed E-state index contributed by atoms with van der Waals surface area (Å²) in [5, 5.41) is 7.90. The summed E-state index contributed by atoms with van der Waals surface area (Å²) in [4.78, 5) is 15.7. The molecule has 7 heavy (non-hydrogen) atoms. The first-order chi connectivity index (χ1) is 2.94. The SMILES string of the molecule is NC(O)P(=O)(O)O. The van der Waals surface area contributed by atoms with Gasteiger partial charge >= 0.3 is 7.60 Å². The molecule has 5 N–H and O–H groups in total. The van der Waals surface area contributed by atoms with Gasteiger partial charge in [0, 0.05) is 0 Å². The summed E-state index contributed by atoms with van der Waals surface area (Å²) >= 11 is 0. The monoisotopic (exact) mass is 127 g/mol. The molecule has 44 valence electrons. The van der Waals surface area contributed by atoms with Crippen molar-refractivity contribution in [2.45, 2.75) is 5.97 Å². The normalized spacial score (nSPS) is 16.6. The van der Waals surface area contributed by atoms with Crippen molar-refractivity contribution in [3.05, 3.63) is 0 Å². The molecule has 5 nitrogen and oxygen atoms in total. The molecule has 0 spiro atoms. The third-order valence-corrected chi connectivity index (χ3v) is 1.03. The Bertz CT molecular complexity index is 93.9. The van der Waals surface area contributed by atoms with E-state index in [9.17, 15) is 4.57 Å². The van der Waals surface area contributed by atoms with Crippen LogP contribution in [-0.2, 0) is 4.57 Å². The zero-order valence-electron chi connectivity index (χ0n) is 3.35. The Balaban J connectivity index is 3.80. The summed E-state index contributed by atoms with van der Waals surface area (Å²) < 4.78 is 9.65. The predicted octanol–water partition coefficient (Wildman–Crippen LogP) is -1.60. The number of rotatable bonds is 1. The van der Waals surface area contributed by atoms with Gasteiger partial charge in [-0.2, -0.15) is 0 Å². The molecule has 0 amide bonds. The molecule has 0 saturated heterocycles. The Morgan fingerprint density at radius 2 is 1.71 bits per heavy atom. The van der Waals surface area contributed by atoms with Gasteiger partial charge in [-0.1, -0.05) is 0 Å². The smallest absolute Gasteiger partial charge is 0.368 e. The van der Waals surface area contributed by atoms with Gasteiger partial charge < -0.3 is 14.9 Å². The van der Waals surface area contributed by atoms with Crippen LogP contribution in [0.25, 0.3) is 0 Å². The zero-order valence-corrected chi connectivity index (χ0v) is 4.25. The first kappa shape index (κ1) is 7.07.